The Labute approximate surface area is 144 Å². The Balaban J connectivity index is 1.58. The summed E-state index contributed by atoms with van der Waals surface area (Å²) in [5.41, 5.74) is 0.910. The maximum atomic E-state index is 12.0. The molecule has 122 valence electrons. The summed E-state index contributed by atoms with van der Waals surface area (Å²) >= 11 is 2.38. The number of hydrogen-bond acceptors (Lipinski definition) is 8. The molecule has 0 spiro atoms. The molecular weight excluding hydrogens is 348 g/mol. The van der Waals surface area contributed by atoms with Crippen LogP contribution in [0.15, 0.2) is 40.3 Å². The molecule has 2 heterocycles. The lowest BCUT2D eigenvalue weighted by Crippen LogP contribution is -2.17. The van der Waals surface area contributed by atoms with Gasteiger partial charge >= 0.3 is 0 Å². The van der Waals surface area contributed by atoms with Crippen molar-refractivity contribution < 1.29 is 4.79 Å². The number of aryl methyl sites for hydroxylation is 1. The maximum absolute atomic E-state index is 12.0. The zero-order valence-electron chi connectivity index (χ0n) is 12.5. The molecule has 3 aromatic rings. The Hall–Kier alpha value is -2.59. The minimum Gasteiger partial charge on any atom is -0.300 e. The Morgan fingerprint density at radius 2 is 2.00 bits per heavy atom. The van der Waals surface area contributed by atoms with Crippen molar-refractivity contribution in [3.8, 4) is 10.6 Å². The summed E-state index contributed by atoms with van der Waals surface area (Å²) in [6, 6.07) is 9.59. The van der Waals surface area contributed by atoms with Crippen LogP contribution in [0, 0.1) is 6.92 Å². The minimum atomic E-state index is -0.315. The third-order valence-corrected chi connectivity index (χ3v) is 4.62. The molecule has 0 aliphatic heterocycles. The number of carbonyl (C=O) groups excluding carboxylic acids is 1. The smallest absolute Gasteiger partial charge is 0.273 e. The van der Waals surface area contributed by atoms with Gasteiger partial charge < -0.3 is 0 Å². The molecule has 24 heavy (non-hydrogen) atoms. The number of amides is 1. The molecule has 2 aromatic heterocycles. The second-order valence-electron chi connectivity index (χ2n) is 4.66. The minimum absolute atomic E-state index is 0.0773. The number of thioether (sulfide) groups is 1. The number of nitrogens with zero attached hydrogens (tertiary/aromatic N) is 4. The van der Waals surface area contributed by atoms with Crippen molar-refractivity contribution in [1.29, 1.82) is 0 Å². The number of aromatic amines is 1. The molecular formula is C14H12N6O2S2. The highest BCUT2D eigenvalue weighted by Crippen LogP contribution is 2.26. The summed E-state index contributed by atoms with van der Waals surface area (Å²) in [6.07, 6.45) is 0. The molecule has 1 amide bonds. The van der Waals surface area contributed by atoms with E-state index in [0.29, 0.717) is 10.3 Å². The van der Waals surface area contributed by atoms with Crippen LogP contribution in [0.4, 0.5) is 5.13 Å². The van der Waals surface area contributed by atoms with E-state index in [0.717, 1.165) is 22.3 Å². The molecule has 0 aliphatic carbocycles. The predicted molar refractivity (Wildman–Crippen MR) is 92.1 cm³/mol. The normalized spacial score (nSPS) is 10.5. The van der Waals surface area contributed by atoms with Crippen molar-refractivity contribution in [2.75, 3.05) is 11.1 Å². The Bertz CT molecular complexity index is 909. The molecule has 0 fully saturated rings. The molecule has 0 bridgehead atoms. The molecule has 10 heteroatoms. The van der Waals surface area contributed by atoms with Crippen LogP contribution < -0.4 is 10.9 Å². The molecule has 2 N–H and O–H groups in total. The molecule has 8 nitrogen and oxygen atoms in total. The topological polar surface area (TPSA) is 114 Å². The van der Waals surface area contributed by atoms with Crippen LogP contribution in [-0.4, -0.2) is 37.0 Å². The Kier molecular flexibility index (Phi) is 4.96. The average molecular weight is 360 g/mol. The number of benzene rings is 1. The summed E-state index contributed by atoms with van der Waals surface area (Å²) in [6.45, 7) is 1.56. The quantitative estimate of drug-likeness (QED) is 0.666. The SMILES string of the molecule is Cc1nnc(SCC(=O)Nc2nnc(-c3ccccc3)s2)[nH]c1=O. The van der Waals surface area contributed by atoms with Crippen LogP contribution >= 0.6 is 23.1 Å². The number of carbonyl (C=O) groups is 1. The van der Waals surface area contributed by atoms with Gasteiger partial charge in [0.1, 0.15) is 10.7 Å². The van der Waals surface area contributed by atoms with Gasteiger partial charge in [0.05, 0.1) is 5.75 Å². The van der Waals surface area contributed by atoms with Crippen LogP contribution in [0.1, 0.15) is 5.69 Å². The van der Waals surface area contributed by atoms with Gasteiger partial charge in [-0.15, -0.1) is 20.4 Å². The van der Waals surface area contributed by atoms with Crippen LogP contribution in [0.2, 0.25) is 0 Å². The largest absolute Gasteiger partial charge is 0.300 e. The number of anilines is 1. The highest BCUT2D eigenvalue weighted by Gasteiger charge is 2.11. The van der Waals surface area contributed by atoms with Gasteiger partial charge in [-0.2, -0.15) is 0 Å². The first-order valence-corrected chi connectivity index (χ1v) is 8.67. The number of hydrogen-bond donors (Lipinski definition) is 2. The Morgan fingerprint density at radius 3 is 2.75 bits per heavy atom. The zero-order valence-corrected chi connectivity index (χ0v) is 14.1. The summed E-state index contributed by atoms with van der Waals surface area (Å²) in [5.74, 6) is -0.188. The van der Waals surface area contributed by atoms with Crippen LogP contribution in [0.3, 0.4) is 0 Å². The first-order valence-electron chi connectivity index (χ1n) is 6.87. The second-order valence-corrected chi connectivity index (χ2v) is 6.60. The van der Waals surface area contributed by atoms with Crippen LogP contribution in [0.25, 0.3) is 10.6 Å². The first-order chi connectivity index (χ1) is 11.6. The van der Waals surface area contributed by atoms with E-state index < -0.39 is 0 Å². The van der Waals surface area contributed by atoms with E-state index in [1.807, 2.05) is 30.3 Å². The molecule has 0 aliphatic rings. The van der Waals surface area contributed by atoms with Crippen molar-refractivity contribution in [1.82, 2.24) is 25.4 Å². The summed E-state index contributed by atoms with van der Waals surface area (Å²) in [4.78, 5) is 25.9. The van der Waals surface area contributed by atoms with E-state index >= 15 is 0 Å². The monoisotopic (exact) mass is 360 g/mol. The van der Waals surface area contributed by atoms with Crippen molar-refractivity contribution in [2.45, 2.75) is 12.1 Å². The van der Waals surface area contributed by atoms with Crippen LogP contribution in [-0.2, 0) is 4.79 Å². The molecule has 0 unspecified atom stereocenters. The van der Waals surface area contributed by atoms with Gasteiger partial charge in [0.2, 0.25) is 11.0 Å². The number of H-pyrrole nitrogens is 1. The molecule has 0 radical (unpaired) electrons. The van der Waals surface area contributed by atoms with E-state index in [1.165, 1.54) is 11.3 Å². The van der Waals surface area contributed by atoms with Gasteiger partial charge in [-0.1, -0.05) is 53.4 Å². The maximum Gasteiger partial charge on any atom is 0.273 e. The number of aromatic nitrogens is 5. The van der Waals surface area contributed by atoms with Gasteiger partial charge in [-0.3, -0.25) is 19.9 Å². The molecule has 3 rings (SSSR count). The summed E-state index contributed by atoms with van der Waals surface area (Å²) < 4.78 is 0. The highest BCUT2D eigenvalue weighted by atomic mass is 32.2. The van der Waals surface area contributed by atoms with Gasteiger partial charge in [0, 0.05) is 5.56 Å². The van der Waals surface area contributed by atoms with Crippen molar-refractivity contribution in [3.05, 3.63) is 46.4 Å². The molecule has 0 saturated carbocycles. The number of rotatable bonds is 5. The van der Waals surface area contributed by atoms with Crippen molar-refractivity contribution >= 4 is 34.1 Å². The zero-order chi connectivity index (χ0) is 16.9. The molecule has 0 saturated heterocycles. The second kappa shape index (κ2) is 7.32. The standard InChI is InChI=1S/C14H12N6O2S2/c1-8-11(22)16-13(19-17-8)23-7-10(21)15-14-20-18-12(24-14)9-5-3-2-4-6-9/h2-6H,7H2,1H3,(H,15,20,21)(H,16,19,22). The van der Waals surface area contributed by atoms with Crippen molar-refractivity contribution in [2.24, 2.45) is 0 Å². The summed E-state index contributed by atoms with van der Waals surface area (Å²) in [5, 5.41) is 19.7. The summed E-state index contributed by atoms with van der Waals surface area (Å²) in [7, 11) is 0. The van der Waals surface area contributed by atoms with E-state index in [2.05, 4.69) is 30.7 Å². The third kappa shape index (κ3) is 4.03. The highest BCUT2D eigenvalue weighted by molar-refractivity contribution is 7.99. The first kappa shape index (κ1) is 16.3. The lowest BCUT2D eigenvalue weighted by molar-refractivity contribution is -0.113. The van der Waals surface area contributed by atoms with Gasteiger partial charge in [0.25, 0.3) is 5.56 Å². The lowest BCUT2D eigenvalue weighted by Gasteiger charge is -2.00. The van der Waals surface area contributed by atoms with Gasteiger partial charge in [-0.25, -0.2) is 0 Å². The van der Waals surface area contributed by atoms with Crippen LogP contribution in [0.5, 0.6) is 0 Å². The van der Waals surface area contributed by atoms with E-state index in [1.54, 1.807) is 6.92 Å². The lowest BCUT2D eigenvalue weighted by atomic mass is 10.2. The van der Waals surface area contributed by atoms with E-state index in [9.17, 15) is 9.59 Å². The Morgan fingerprint density at radius 1 is 1.21 bits per heavy atom. The van der Waals surface area contributed by atoms with E-state index in [-0.39, 0.29) is 22.9 Å². The molecule has 1 aromatic carbocycles. The van der Waals surface area contributed by atoms with E-state index in [4.69, 9.17) is 0 Å². The number of nitrogens with one attached hydrogen (secondary N) is 2. The van der Waals surface area contributed by atoms with Crippen molar-refractivity contribution in [3.63, 3.8) is 0 Å². The molecule has 0 atom stereocenters. The fourth-order valence-corrected chi connectivity index (χ4v) is 3.07. The third-order valence-electron chi connectivity index (χ3n) is 2.87. The predicted octanol–water partition coefficient (Wildman–Crippen LogP) is 1.72. The fourth-order valence-electron chi connectivity index (χ4n) is 1.70. The van der Waals surface area contributed by atoms with Gasteiger partial charge in [-0.05, 0) is 6.92 Å². The fraction of sp³-hybridized carbons (Fsp3) is 0.143. The average Bonchev–Trinajstić information content (AvgIpc) is 3.05. The van der Waals surface area contributed by atoms with Gasteiger partial charge in [0.15, 0.2) is 5.16 Å².